The van der Waals surface area contributed by atoms with Crippen LogP contribution in [0.4, 0.5) is 13.2 Å². The molecule has 0 spiro atoms. The maximum absolute atomic E-state index is 13.1. The SMILES string of the molecule is Cc1cc(C(F)(F)F)c2cc(C(=O)O)c3nnnn3c2c1. The normalized spacial score (nSPS) is 12.2. The van der Waals surface area contributed by atoms with Gasteiger partial charge in [-0.1, -0.05) is 0 Å². The number of nitrogens with zero attached hydrogens (tertiary/aromatic N) is 4. The Hall–Kier alpha value is -2.71. The van der Waals surface area contributed by atoms with Crippen LogP contribution >= 0.6 is 0 Å². The molecule has 0 unspecified atom stereocenters. The van der Waals surface area contributed by atoms with Crippen LogP contribution in [0.2, 0.25) is 0 Å². The summed E-state index contributed by atoms with van der Waals surface area (Å²) in [6.07, 6.45) is -4.61. The number of fused-ring (bicyclic) bond motifs is 3. The van der Waals surface area contributed by atoms with Gasteiger partial charge < -0.3 is 5.11 Å². The average molecular weight is 296 g/mol. The van der Waals surface area contributed by atoms with E-state index < -0.39 is 17.7 Å². The molecule has 2 aromatic heterocycles. The minimum Gasteiger partial charge on any atom is -0.478 e. The summed E-state index contributed by atoms with van der Waals surface area (Å²) < 4.78 is 40.4. The van der Waals surface area contributed by atoms with E-state index in [4.69, 9.17) is 5.11 Å². The number of carboxylic acids is 1. The lowest BCUT2D eigenvalue weighted by Gasteiger charge is -2.13. The summed E-state index contributed by atoms with van der Waals surface area (Å²) in [5.74, 6) is -1.40. The monoisotopic (exact) mass is 296 g/mol. The largest absolute Gasteiger partial charge is 0.478 e. The number of benzene rings is 1. The number of rotatable bonds is 1. The predicted octanol–water partition coefficient (Wildman–Crippen LogP) is 2.30. The van der Waals surface area contributed by atoms with Crippen molar-refractivity contribution in [2.45, 2.75) is 13.1 Å². The van der Waals surface area contributed by atoms with Crippen molar-refractivity contribution in [3.8, 4) is 0 Å². The molecule has 0 atom stereocenters. The van der Waals surface area contributed by atoms with Crippen LogP contribution in [0.3, 0.4) is 0 Å². The summed E-state index contributed by atoms with van der Waals surface area (Å²) in [4.78, 5) is 11.2. The van der Waals surface area contributed by atoms with Crippen LogP contribution in [0.25, 0.3) is 16.6 Å². The summed E-state index contributed by atoms with van der Waals surface area (Å²) in [5.41, 5.74) is -0.935. The third kappa shape index (κ3) is 1.97. The number of halogens is 3. The maximum atomic E-state index is 13.1. The second-order valence-electron chi connectivity index (χ2n) is 4.52. The molecule has 1 N–H and O–H groups in total. The summed E-state index contributed by atoms with van der Waals surface area (Å²) in [5, 5.41) is 19.3. The zero-order chi connectivity index (χ0) is 15.4. The molecular weight excluding hydrogens is 289 g/mol. The molecule has 0 amide bonds. The summed E-state index contributed by atoms with van der Waals surface area (Å²) >= 11 is 0. The van der Waals surface area contributed by atoms with Gasteiger partial charge in [-0.25, -0.2) is 4.79 Å². The third-order valence-corrected chi connectivity index (χ3v) is 3.07. The molecule has 0 saturated carbocycles. The lowest BCUT2D eigenvalue weighted by Crippen LogP contribution is -2.10. The van der Waals surface area contributed by atoms with E-state index in [1.165, 1.54) is 13.0 Å². The average Bonchev–Trinajstić information content (AvgIpc) is 2.84. The van der Waals surface area contributed by atoms with Gasteiger partial charge in [0.25, 0.3) is 0 Å². The quantitative estimate of drug-likeness (QED) is 0.745. The Labute approximate surface area is 114 Å². The molecule has 9 heteroatoms. The topological polar surface area (TPSA) is 80.4 Å². The van der Waals surface area contributed by atoms with Gasteiger partial charge in [0.2, 0.25) is 0 Å². The van der Waals surface area contributed by atoms with E-state index in [0.29, 0.717) is 5.56 Å². The van der Waals surface area contributed by atoms with E-state index >= 15 is 0 Å². The van der Waals surface area contributed by atoms with E-state index in [1.807, 2.05) is 0 Å². The van der Waals surface area contributed by atoms with Crippen LogP contribution < -0.4 is 0 Å². The van der Waals surface area contributed by atoms with Crippen molar-refractivity contribution in [3.63, 3.8) is 0 Å². The molecule has 6 nitrogen and oxygen atoms in total. The first kappa shape index (κ1) is 13.3. The molecule has 0 bridgehead atoms. The highest BCUT2D eigenvalue weighted by Gasteiger charge is 2.34. The van der Waals surface area contributed by atoms with Gasteiger partial charge in [0, 0.05) is 5.39 Å². The van der Waals surface area contributed by atoms with E-state index in [9.17, 15) is 18.0 Å². The van der Waals surface area contributed by atoms with Crippen LogP contribution in [0.15, 0.2) is 18.2 Å². The van der Waals surface area contributed by atoms with E-state index in [1.54, 1.807) is 0 Å². The smallest absolute Gasteiger partial charge is 0.417 e. The second-order valence-corrected chi connectivity index (χ2v) is 4.52. The molecular formula is C12H7F3N4O2. The number of hydrogen-bond acceptors (Lipinski definition) is 4. The Bertz CT molecular complexity index is 885. The first-order valence-corrected chi connectivity index (χ1v) is 5.75. The number of carboxylic acid groups (broad SMARTS) is 1. The van der Waals surface area contributed by atoms with E-state index in [-0.39, 0.29) is 22.1 Å². The van der Waals surface area contributed by atoms with Crippen molar-refractivity contribution < 1.29 is 23.1 Å². The Morgan fingerprint density at radius 1 is 1.29 bits per heavy atom. The molecule has 21 heavy (non-hydrogen) atoms. The molecule has 0 aliphatic carbocycles. The Morgan fingerprint density at radius 2 is 2.00 bits per heavy atom. The highest BCUT2D eigenvalue weighted by Crippen LogP contribution is 2.36. The van der Waals surface area contributed by atoms with Gasteiger partial charge in [-0.05, 0) is 41.1 Å². The number of aryl methyl sites for hydroxylation is 1. The van der Waals surface area contributed by atoms with Crippen molar-refractivity contribution in [2.24, 2.45) is 0 Å². The zero-order valence-corrected chi connectivity index (χ0v) is 10.5. The fourth-order valence-electron chi connectivity index (χ4n) is 2.22. The van der Waals surface area contributed by atoms with Gasteiger partial charge in [-0.3, -0.25) is 0 Å². The van der Waals surface area contributed by atoms with Crippen molar-refractivity contribution in [1.82, 2.24) is 20.0 Å². The Balaban J connectivity index is 2.57. The molecule has 2 heterocycles. The van der Waals surface area contributed by atoms with Crippen LogP contribution in [0.1, 0.15) is 21.5 Å². The zero-order valence-electron chi connectivity index (χ0n) is 10.5. The number of aromatic carboxylic acids is 1. The fraction of sp³-hybridized carbons (Fsp3) is 0.167. The molecule has 0 aliphatic heterocycles. The van der Waals surface area contributed by atoms with Crippen molar-refractivity contribution in [3.05, 3.63) is 34.9 Å². The summed E-state index contributed by atoms with van der Waals surface area (Å²) in [6.45, 7) is 1.51. The first-order chi connectivity index (χ1) is 9.79. The van der Waals surface area contributed by atoms with Crippen LogP contribution in [-0.2, 0) is 6.18 Å². The molecule has 0 aliphatic rings. The van der Waals surface area contributed by atoms with Crippen LogP contribution in [-0.4, -0.2) is 31.1 Å². The number of aromatic nitrogens is 4. The lowest BCUT2D eigenvalue weighted by atomic mass is 10.0. The maximum Gasteiger partial charge on any atom is 0.417 e. The summed E-state index contributed by atoms with van der Waals surface area (Å²) in [6, 6.07) is 3.38. The van der Waals surface area contributed by atoms with Crippen LogP contribution in [0.5, 0.6) is 0 Å². The van der Waals surface area contributed by atoms with Gasteiger partial charge in [0.05, 0.1) is 11.1 Å². The minimum absolute atomic E-state index is 0.103. The number of tetrazole rings is 1. The van der Waals surface area contributed by atoms with E-state index in [0.717, 1.165) is 16.6 Å². The highest BCUT2D eigenvalue weighted by atomic mass is 19.4. The van der Waals surface area contributed by atoms with Gasteiger partial charge in [-0.2, -0.15) is 17.7 Å². The van der Waals surface area contributed by atoms with Crippen molar-refractivity contribution >= 4 is 22.5 Å². The number of carbonyl (C=O) groups is 1. The molecule has 0 fully saturated rings. The molecule has 0 radical (unpaired) electrons. The number of alkyl halides is 3. The minimum atomic E-state index is -4.61. The number of hydrogen-bond donors (Lipinski definition) is 1. The standard InChI is InChI=1S/C12H7F3N4O2/c1-5-2-8(12(13,14)15)6-4-7(11(20)21)10-16-17-18-19(10)9(6)3-5/h2-4H,1H3,(H,20,21). The molecule has 1 aromatic carbocycles. The lowest BCUT2D eigenvalue weighted by molar-refractivity contribution is -0.136. The van der Waals surface area contributed by atoms with Gasteiger partial charge in [0.15, 0.2) is 5.65 Å². The third-order valence-electron chi connectivity index (χ3n) is 3.07. The van der Waals surface area contributed by atoms with Gasteiger partial charge in [-0.15, -0.1) is 5.10 Å². The Kier molecular flexibility index (Phi) is 2.62. The molecule has 108 valence electrons. The Morgan fingerprint density at radius 3 is 2.62 bits per heavy atom. The predicted molar refractivity (Wildman–Crippen MR) is 65.0 cm³/mol. The van der Waals surface area contributed by atoms with E-state index in [2.05, 4.69) is 15.5 Å². The molecule has 3 aromatic rings. The van der Waals surface area contributed by atoms with Crippen molar-refractivity contribution in [2.75, 3.05) is 0 Å². The summed E-state index contributed by atoms with van der Waals surface area (Å²) in [7, 11) is 0. The molecule has 0 saturated heterocycles. The molecule has 3 rings (SSSR count). The van der Waals surface area contributed by atoms with Gasteiger partial charge in [0.1, 0.15) is 5.56 Å². The highest BCUT2D eigenvalue weighted by molar-refractivity contribution is 6.00. The fourth-order valence-corrected chi connectivity index (χ4v) is 2.22. The second kappa shape index (κ2) is 4.14. The van der Waals surface area contributed by atoms with Crippen molar-refractivity contribution in [1.29, 1.82) is 0 Å². The first-order valence-electron chi connectivity index (χ1n) is 5.75. The van der Waals surface area contributed by atoms with Gasteiger partial charge >= 0.3 is 12.1 Å². The van der Waals surface area contributed by atoms with Crippen LogP contribution in [0, 0.1) is 6.92 Å². The number of pyridine rings is 1.